The van der Waals surface area contributed by atoms with Crippen LogP contribution in [0.4, 0.5) is 11.5 Å². The molecule has 1 amide bonds. The number of hydrogen-bond acceptors (Lipinski definition) is 3. The summed E-state index contributed by atoms with van der Waals surface area (Å²) in [5, 5.41) is 7.00. The molecule has 0 bridgehead atoms. The van der Waals surface area contributed by atoms with Crippen molar-refractivity contribution < 1.29 is 4.79 Å². The fourth-order valence-electron chi connectivity index (χ4n) is 1.38. The standard InChI is InChI=1S/C11H11ClN4O/c1-16-5-4-10(15-16)14-11(17)8-3-2-7(13)6-9(8)12/h2-6H,13H2,1H3,(H,14,15,17). The Hall–Kier alpha value is -2.01. The lowest BCUT2D eigenvalue weighted by Crippen LogP contribution is -2.13. The molecule has 0 saturated carbocycles. The summed E-state index contributed by atoms with van der Waals surface area (Å²) < 4.78 is 1.60. The first-order valence-corrected chi connectivity index (χ1v) is 5.30. The zero-order valence-corrected chi connectivity index (χ0v) is 9.90. The third-order valence-corrected chi connectivity index (χ3v) is 2.51. The molecule has 17 heavy (non-hydrogen) atoms. The van der Waals surface area contributed by atoms with Crippen LogP contribution < -0.4 is 11.1 Å². The molecule has 0 spiro atoms. The second kappa shape index (κ2) is 4.47. The maximum absolute atomic E-state index is 11.9. The summed E-state index contributed by atoms with van der Waals surface area (Å²) in [6.07, 6.45) is 1.74. The molecule has 88 valence electrons. The Balaban J connectivity index is 2.20. The van der Waals surface area contributed by atoms with E-state index in [1.807, 2.05) is 0 Å². The highest BCUT2D eigenvalue weighted by atomic mass is 35.5. The summed E-state index contributed by atoms with van der Waals surface area (Å²) in [5.74, 6) is 0.166. The van der Waals surface area contributed by atoms with Gasteiger partial charge in [-0.15, -0.1) is 0 Å². The van der Waals surface area contributed by atoms with E-state index in [0.29, 0.717) is 22.1 Å². The van der Waals surface area contributed by atoms with Crippen molar-refractivity contribution in [2.24, 2.45) is 7.05 Å². The molecule has 1 heterocycles. The monoisotopic (exact) mass is 250 g/mol. The number of aryl methyl sites for hydroxylation is 1. The Morgan fingerprint density at radius 2 is 2.24 bits per heavy atom. The molecule has 3 N–H and O–H groups in total. The molecule has 1 aromatic carbocycles. The van der Waals surface area contributed by atoms with Gasteiger partial charge in [0.15, 0.2) is 5.82 Å². The van der Waals surface area contributed by atoms with Gasteiger partial charge in [-0.2, -0.15) is 5.10 Å². The SMILES string of the molecule is Cn1ccc(NC(=O)c2ccc(N)cc2Cl)n1. The fourth-order valence-corrected chi connectivity index (χ4v) is 1.66. The van der Waals surface area contributed by atoms with Crippen LogP contribution in [0.3, 0.4) is 0 Å². The van der Waals surface area contributed by atoms with Crippen molar-refractivity contribution >= 4 is 29.0 Å². The molecule has 1 aromatic heterocycles. The maximum Gasteiger partial charge on any atom is 0.258 e. The van der Waals surface area contributed by atoms with Gasteiger partial charge in [0.1, 0.15) is 0 Å². The van der Waals surface area contributed by atoms with E-state index < -0.39 is 0 Å². The number of nitrogens with zero attached hydrogens (tertiary/aromatic N) is 2. The molecule has 0 aliphatic rings. The van der Waals surface area contributed by atoms with Crippen LogP contribution in [-0.2, 0) is 7.05 Å². The summed E-state index contributed by atoms with van der Waals surface area (Å²) in [7, 11) is 1.77. The van der Waals surface area contributed by atoms with Crippen molar-refractivity contribution in [3.8, 4) is 0 Å². The summed E-state index contributed by atoms with van der Waals surface area (Å²) in [6, 6.07) is 6.44. The highest BCUT2D eigenvalue weighted by molar-refractivity contribution is 6.34. The highest BCUT2D eigenvalue weighted by Gasteiger charge is 2.11. The summed E-state index contributed by atoms with van der Waals surface area (Å²) >= 11 is 5.93. The molecule has 0 radical (unpaired) electrons. The summed E-state index contributed by atoms with van der Waals surface area (Å²) in [6.45, 7) is 0. The molecular formula is C11H11ClN4O. The number of anilines is 2. The Bertz CT molecular complexity index is 564. The molecule has 0 atom stereocenters. The first kappa shape index (κ1) is 11.5. The van der Waals surface area contributed by atoms with E-state index in [0.717, 1.165) is 0 Å². The van der Waals surface area contributed by atoms with Gasteiger partial charge in [-0.3, -0.25) is 9.48 Å². The smallest absolute Gasteiger partial charge is 0.258 e. The Labute approximate surface area is 103 Å². The van der Waals surface area contributed by atoms with Crippen molar-refractivity contribution in [1.29, 1.82) is 0 Å². The van der Waals surface area contributed by atoms with Gasteiger partial charge in [-0.1, -0.05) is 11.6 Å². The van der Waals surface area contributed by atoms with Gasteiger partial charge < -0.3 is 11.1 Å². The lowest BCUT2D eigenvalue weighted by molar-refractivity contribution is 0.102. The largest absolute Gasteiger partial charge is 0.399 e. The lowest BCUT2D eigenvalue weighted by atomic mass is 10.2. The van der Waals surface area contributed by atoms with Crippen LogP contribution in [0.15, 0.2) is 30.5 Å². The van der Waals surface area contributed by atoms with Crippen molar-refractivity contribution in [2.75, 3.05) is 11.1 Å². The predicted octanol–water partition coefficient (Wildman–Crippen LogP) is 1.91. The first-order chi connectivity index (χ1) is 8.06. The van der Waals surface area contributed by atoms with E-state index >= 15 is 0 Å². The molecule has 2 aromatic rings. The van der Waals surface area contributed by atoms with Gasteiger partial charge in [0, 0.05) is 25.0 Å². The number of aromatic nitrogens is 2. The molecule has 5 nitrogen and oxygen atoms in total. The second-order valence-corrected chi connectivity index (χ2v) is 3.98. The fraction of sp³-hybridized carbons (Fsp3) is 0.0909. The van der Waals surface area contributed by atoms with Gasteiger partial charge in [-0.05, 0) is 18.2 Å². The third kappa shape index (κ3) is 2.57. The van der Waals surface area contributed by atoms with Crippen molar-refractivity contribution in [3.63, 3.8) is 0 Å². The van der Waals surface area contributed by atoms with E-state index in [1.54, 1.807) is 36.1 Å². The van der Waals surface area contributed by atoms with Crippen LogP contribution in [0.5, 0.6) is 0 Å². The number of rotatable bonds is 2. The van der Waals surface area contributed by atoms with E-state index in [2.05, 4.69) is 10.4 Å². The molecule has 6 heteroatoms. The molecule has 0 fully saturated rings. The second-order valence-electron chi connectivity index (χ2n) is 3.57. The van der Waals surface area contributed by atoms with Crippen LogP contribution in [0.1, 0.15) is 10.4 Å². The maximum atomic E-state index is 11.9. The van der Waals surface area contributed by atoms with Gasteiger partial charge >= 0.3 is 0 Å². The first-order valence-electron chi connectivity index (χ1n) is 4.92. The molecule has 2 rings (SSSR count). The minimum absolute atomic E-state index is 0.311. The van der Waals surface area contributed by atoms with Crippen molar-refractivity contribution in [1.82, 2.24) is 9.78 Å². The summed E-state index contributed by atoms with van der Waals surface area (Å²) in [5.41, 5.74) is 6.44. The van der Waals surface area contributed by atoms with Crippen LogP contribution in [0, 0.1) is 0 Å². The summed E-state index contributed by atoms with van der Waals surface area (Å²) in [4.78, 5) is 11.9. The molecule has 0 aliphatic carbocycles. The molecule has 0 aliphatic heterocycles. The number of halogens is 1. The van der Waals surface area contributed by atoms with Gasteiger partial charge in [0.05, 0.1) is 10.6 Å². The van der Waals surface area contributed by atoms with Gasteiger partial charge in [-0.25, -0.2) is 0 Å². The number of carbonyl (C=O) groups is 1. The minimum Gasteiger partial charge on any atom is -0.399 e. The molecular weight excluding hydrogens is 240 g/mol. The third-order valence-electron chi connectivity index (χ3n) is 2.19. The van der Waals surface area contributed by atoms with Crippen LogP contribution >= 0.6 is 11.6 Å². The average molecular weight is 251 g/mol. The number of hydrogen-bond donors (Lipinski definition) is 2. The number of nitrogen functional groups attached to an aromatic ring is 1. The van der Waals surface area contributed by atoms with Gasteiger partial charge in [0.2, 0.25) is 0 Å². The lowest BCUT2D eigenvalue weighted by Gasteiger charge is -2.04. The zero-order chi connectivity index (χ0) is 12.4. The Morgan fingerprint density at radius 1 is 1.47 bits per heavy atom. The topological polar surface area (TPSA) is 72.9 Å². The number of benzene rings is 1. The quantitative estimate of drug-likeness (QED) is 0.800. The number of amides is 1. The van der Waals surface area contributed by atoms with Crippen LogP contribution in [0.25, 0.3) is 0 Å². The zero-order valence-electron chi connectivity index (χ0n) is 9.14. The highest BCUT2D eigenvalue weighted by Crippen LogP contribution is 2.20. The van der Waals surface area contributed by atoms with Gasteiger partial charge in [0.25, 0.3) is 5.91 Å². The van der Waals surface area contributed by atoms with Crippen molar-refractivity contribution in [2.45, 2.75) is 0 Å². The Kier molecular flexibility index (Phi) is 3.01. The predicted molar refractivity (Wildman–Crippen MR) is 67.0 cm³/mol. The van der Waals surface area contributed by atoms with E-state index in [-0.39, 0.29) is 5.91 Å². The normalized spacial score (nSPS) is 10.2. The van der Waals surface area contributed by atoms with E-state index in [4.69, 9.17) is 17.3 Å². The molecule has 0 unspecified atom stereocenters. The van der Waals surface area contributed by atoms with Crippen molar-refractivity contribution in [3.05, 3.63) is 41.0 Å². The number of nitrogens with one attached hydrogen (secondary N) is 1. The van der Waals surface area contributed by atoms with E-state index in [9.17, 15) is 4.79 Å². The average Bonchev–Trinajstić information content (AvgIpc) is 2.63. The number of nitrogens with two attached hydrogens (primary N) is 1. The van der Waals surface area contributed by atoms with Crippen LogP contribution in [0.2, 0.25) is 5.02 Å². The Morgan fingerprint density at radius 3 is 2.82 bits per heavy atom. The van der Waals surface area contributed by atoms with E-state index in [1.165, 1.54) is 6.07 Å². The molecule has 0 saturated heterocycles. The number of carbonyl (C=O) groups excluding carboxylic acids is 1. The minimum atomic E-state index is -0.311. The van der Waals surface area contributed by atoms with Crippen LogP contribution in [-0.4, -0.2) is 15.7 Å².